The van der Waals surface area contributed by atoms with Gasteiger partial charge in [0.25, 0.3) is 0 Å². The van der Waals surface area contributed by atoms with E-state index in [1.165, 1.54) is 20.4 Å². The second-order valence-electron chi connectivity index (χ2n) is 4.10. The largest absolute Gasteiger partial charge is 0.497 e. The van der Waals surface area contributed by atoms with E-state index in [1.54, 1.807) is 18.2 Å². The first-order valence-electron chi connectivity index (χ1n) is 5.93. The molecule has 8 heteroatoms. The predicted molar refractivity (Wildman–Crippen MR) is 70.9 cm³/mol. The van der Waals surface area contributed by atoms with Gasteiger partial charge in [0.05, 0.1) is 26.0 Å². The van der Waals surface area contributed by atoms with Gasteiger partial charge in [-0.05, 0) is 18.2 Å². The van der Waals surface area contributed by atoms with Crippen molar-refractivity contribution in [2.45, 2.75) is 6.54 Å². The summed E-state index contributed by atoms with van der Waals surface area (Å²) in [5, 5.41) is 15.8. The summed E-state index contributed by atoms with van der Waals surface area (Å²) in [4.78, 5) is 23.0. The monoisotopic (exact) mass is 291 g/mol. The molecule has 0 aliphatic carbocycles. The number of carboxylic acids is 1. The topological polar surface area (TPSA) is 104 Å². The number of Topliss-reactive ketones (excluding diaryl/α,β-unsaturated/α-hetero) is 1. The van der Waals surface area contributed by atoms with Crippen molar-refractivity contribution in [2.24, 2.45) is 0 Å². The van der Waals surface area contributed by atoms with Gasteiger partial charge in [0.2, 0.25) is 0 Å². The fourth-order valence-corrected chi connectivity index (χ4v) is 1.74. The Morgan fingerprint density at radius 1 is 1.29 bits per heavy atom. The molecule has 21 heavy (non-hydrogen) atoms. The van der Waals surface area contributed by atoms with E-state index in [1.807, 2.05) is 0 Å². The van der Waals surface area contributed by atoms with E-state index in [4.69, 9.17) is 14.6 Å². The van der Waals surface area contributed by atoms with E-state index in [9.17, 15) is 9.59 Å². The van der Waals surface area contributed by atoms with Gasteiger partial charge in [-0.1, -0.05) is 5.21 Å². The molecule has 1 aromatic carbocycles. The average Bonchev–Trinajstić information content (AvgIpc) is 2.95. The molecule has 2 aromatic rings. The number of hydrogen-bond donors (Lipinski definition) is 1. The van der Waals surface area contributed by atoms with Crippen LogP contribution in [0, 0.1) is 0 Å². The third-order valence-corrected chi connectivity index (χ3v) is 2.77. The molecule has 0 amide bonds. The Bertz CT molecular complexity index is 680. The summed E-state index contributed by atoms with van der Waals surface area (Å²) in [6, 6.07) is 4.85. The van der Waals surface area contributed by atoms with Crippen molar-refractivity contribution in [3.05, 3.63) is 35.7 Å². The maximum Gasteiger partial charge on any atom is 0.358 e. The number of methoxy groups -OCH3 is 2. The molecule has 0 bridgehead atoms. The van der Waals surface area contributed by atoms with E-state index in [2.05, 4.69) is 10.3 Å². The Hall–Kier alpha value is -2.90. The summed E-state index contributed by atoms with van der Waals surface area (Å²) < 4.78 is 11.4. The number of hydrogen-bond acceptors (Lipinski definition) is 6. The average molecular weight is 291 g/mol. The Kier molecular flexibility index (Phi) is 4.17. The molecule has 0 atom stereocenters. The van der Waals surface area contributed by atoms with Crippen LogP contribution in [0.5, 0.6) is 11.5 Å². The summed E-state index contributed by atoms with van der Waals surface area (Å²) in [6.45, 7) is -0.149. The first-order valence-corrected chi connectivity index (χ1v) is 5.93. The summed E-state index contributed by atoms with van der Waals surface area (Å²) in [5.41, 5.74) is 0.102. The molecule has 1 aromatic heterocycles. The van der Waals surface area contributed by atoms with Crippen molar-refractivity contribution in [1.29, 1.82) is 0 Å². The van der Waals surface area contributed by atoms with Gasteiger partial charge < -0.3 is 14.6 Å². The van der Waals surface area contributed by atoms with Crippen molar-refractivity contribution in [3.63, 3.8) is 0 Å². The van der Waals surface area contributed by atoms with Gasteiger partial charge in [-0.2, -0.15) is 0 Å². The standard InChI is InChI=1S/C13H13N3O5/c1-20-8-3-4-12(21-2)9(5-8)11(17)7-16-6-10(13(18)19)14-15-16/h3-6H,7H2,1-2H3,(H,18,19). The molecule has 0 saturated heterocycles. The molecule has 1 heterocycles. The summed E-state index contributed by atoms with van der Waals surface area (Å²) in [6.07, 6.45) is 1.19. The number of carbonyl (C=O) groups excluding carboxylic acids is 1. The minimum Gasteiger partial charge on any atom is -0.497 e. The molecule has 0 aliphatic rings. The fourth-order valence-electron chi connectivity index (χ4n) is 1.74. The van der Waals surface area contributed by atoms with Crippen LogP contribution in [-0.2, 0) is 6.54 Å². The lowest BCUT2D eigenvalue weighted by molar-refractivity contribution is 0.0690. The van der Waals surface area contributed by atoms with Gasteiger partial charge >= 0.3 is 5.97 Å². The third kappa shape index (κ3) is 3.16. The Morgan fingerprint density at radius 2 is 2.05 bits per heavy atom. The number of aromatic carboxylic acids is 1. The lowest BCUT2D eigenvalue weighted by Crippen LogP contribution is -2.12. The Morgan fingerprint density at radius 3 is 2.62 bits per heavy atom. The van der Waals surface area contributed by atoms with Gasteiger partial charge in [-0.15, -0.1) is 5.10 Å². The zero-order chi connectivity index (χ0) is 15.4. The number of ether oxygens (including phenoxy) is 2. The van der Waals surface area contributed by atoms with Gasteiger partial charge in [0.1, 0.15) is 18.0 Å². The highest BCUT2D eigenvalue weighted by molar-refractivity contribution is 5.99. The molecular weight excluding hydrogens is 278 g/mol. The number of benzene rings is 1. The second-order valence-corrected chi connectivity index (χ2v) is 4.10. The van der Waals surface area contributed by atoms with Crippen LogP contribution in [0.2, 0.25) is 0 Å². The zero-order valence-electron chi connectivity index (χ0n) is 11.4. The number of nitrogens with zero attached hydrogens (tertiary/aromatic N) is 3. The van der Waals surface area contributed by atoms with Crippen LogP contribution in [0.4, 0.5) is 0 Å². The normalized spacial score (nSPS) is 10.2. The molecule has 0 aliphatic heterocycles. The van der Waals surface area contributed by atoms with Gasteiger partial charge in [-0.3, -0.25) is 4.79 Å². The minimum atomic E-state index is -1.20. The van der Waals surface area contributed by atoms with Crippen LogP contribution < -0.4 is 9.47 Å². The highest BCUT2D eigenvalue weighted by Crippen LogP contribution is 2.24. The molecule has 0 saturated carbocycles. The Balaban J connectivity index is 2.24. The van der Waals surface area contributed by atoms with Crippen molar-refractivity contribution in [3.8, 4) is 11.5 Å². The number of rotatable bonds is 6. The fraction of sp³-hybridized carbons (Fsp3) is 0.231. The molecule has 2 rings (SSSR count). The number of carbonyl (C=O) groups is 2. The summed E-state index contributed by atoms with van der Waals surface area (Å²) in [5.74, 6) is -0.580. The molecular formula is C13H13N3O5. The predicted octanol–water partition coefficient (Wildman–Crippen LogP) is 0.876. The molecule has 8 nitrogen and oxygen atoms in total. The van der Waals surface area contributed by atoms with E-state index < -0.39 is 5.97 Å². The van der Waals surface area contributed by atoms with Crippen LogP contribution >= 0.6 is 0 Å². The first kappa shape index (κ1) is 14.5. The quantitative estimate of drug-likeness (QED) is 0.788. The van der Waals surface area contributed by atoms with Crippen molar-refractivity contribution in [2.75, 3.05) is 14.2 Å². The lowest BCUT2D eigenvalue weighted by Gasteiger charge is -2.09. The highest BCUT2D eigenvalue weighted by Gasteiger charge is 2.16. The molecule has 110 valence electrons. The third-order valence-electron chi connectivity index (χ3n) is 2.77. The van der Waals surface area contributed by atoms with Crippen LogP contribution in [-0.4, -0.2) is 46.1 Å². The number of ketones is 1. The van der Waals surface area contributed by atoms with Crippen LogP contribution in [0.25, 0.3) is 0 Å². The van der Waals surface area contributed by atoms with Crippen molar-refractivity contribution in [1.82, 2.24) is 15.0 Å². The maximum absolute atomic E-state index is 12.3. The summed E-state index contributed by atoms with van der Waals surface area (Å²) in [7, 11) is 2.95. The molecule has 1 N–H and O–H groups in total. The van der Waals surface area contributed by atoms with E-state index in [-0.39, 0.29) is 18.0 Å². The van der Waals surface area contributed by atoms with E-state index in [0.29, 0.717) is 17.1 Å². The lowest BCUT2D eigenvalue weighted by atomic mass is 10.1. The second kappa shape index (κ2) is 6.04. The number of aromatic nitrogens is 3. The van der Waals surface area contributed by atoms with E-state index in [0.717, 1.165) is 4.68 Å². The first-order chi connectivity index (χ1) is 10.0. The Labute approximate surface area is 119 Å². The van der Waals surface area contributed by atoms with Crippen molar-refractivity contribution >= 4 is 11.8 Å². The smallest absolute Gasteiger partial charge is 0.358 e. The van der Waals surface area contributed by atoms with Crippen LogP contribution in [0.15, 0.2) is 24.4 Å². The highest BCUT2D eigenvalue weighted by atomic mass is 16.5. The van der Waals surface area contributed by atoms with Crippen LogP contribution in [0.1, 0.15) is 20.8 Å². The van der Waals surface area contributed by atoms with Crippen LogP contribution in [0.3, 0.4) is 0 Å². The molecule has 0 unspecified atom stereocenters. The maximum atomic E-state index is 12.3. The molecule has 0 spiro atoms. The summed E-state index contributed by atoms with van der Waals surface area (Å²) >= 11 is 0. The van der Waals surface area contributed by atoms with Crippen molar-refractivity contribution < 1.29 is 24.2 Å². The molecule has 0 radical (unpaired) electrons. The molecule has 0 fully saturated rings. The van der Waals surface area contributed by atoms with Gasteiger partial charge in [-0.25, -0.2) is 9.48 Å². The zero-order valence-corrected chi connectivity index (χ0v) is 11.4. The SMILES string of the molecule is COc1ccc(OC)c(C(=O)Cn2cc(C(=O)O)nn2)c1. The van der Waals surface area contributed by atoms with E-state index >= 15 is 0 Å². The van der Waals surface area contributed by atoms with Gasteiger partial charge in [0, 0.05) is 0 Å². The number of carboxylic acid groups (broad SMARTS) is 1. The minimum absolute atomic E-state index is 0.149. The van der Waals surface area contributed by atoms with Gasteiger partial charge in [0.15, 0.2) is 11.5 Å².